The summed E-state index contributed by atoms with van der Waals surface area (Å²) in [7, 11) is 0. The predicted molar refractivity (Wildman–Crippen MR) is 78.6 cm³/mol. The molecule has 23 heavy (non-hydrogen) atoms. The van der Waals surface area contributed by atoms with Crippen LogP contribution < -0.4 is 0 Å². The van der Waals surface area contributed by atoms with Gasteiger partial charge in [-0.1, -0.05) is 18.2 Å². The van der Waals surface area contributed by atoms with Crippen LogP contribution in [0.15, 0.2) is 17.8 Å². The lowest BCUT2D eigenvalue weighted by atomic mass is 9.99. The zero-order valence-corrected chi connectivity index (χ0v) is 12.8. The number of hydroxylamine groups is 2. The van der Waals surface area contributed by atoms with Gasteiger partial charge in [0.1, 0.15) is 12.1 Å². The Labute approximate surface area is 133 Å². The molecule has 0 spiro atoms. The zero-order chi connectivity index (χ0) is 17.0. The molecule has 1 N–H and O–H groups in total. The Bertz CT molecular complexity index is 547. The summed E-state index contributed by atoms with van der Waals surface area (Å²) in [5, 5.41) is 14.3. The monoisotopic (exact) mass is 325 g/mol. The fraction of sp³-hybridized carbons (Fsp3) is 0.571. The van der Waals surface area contributed by atoms with Crippen LogP contribution in [0.5, 0.6) is 0 Å². The standard InChI is InChI=1S/C14H19N3O6/c1-3-5-23-17-12-7-16(14(17)21)11(13(19)20)6-10(12)15-22-8-9(18)4-2/h3,11-12H,1,4-8H2,2H3,(H,19,20)/t11-,12-/m0/s1. The predicted octanol–water partition coefficient (Wildman–Crippen LogP) is 0.419. The molecule has 2 rings (SSSR count). The topological polar surface area (TPSA) is 109 Å². The molecule has 2 atom stereocenters. The van der Waals surface area contributed by atoms with E-state index in [-0.39, 0.29) is 32.0 Å². The van der Waals surface area contributed by atoms with Gasteiger partial charge in [0.05, 0.1) is 18.9 Å². The molecule has 0 aliphatic carbocycles. The van der Waals surface area contributed by atoms with Gasteiger partial charge in [-0.25, -0.2) is 9.59 Å². The highest BCUT2D eigenvalue weighted by molar-refractivity contribution is 6.01. The molecule has 0 aromatic rings. The van der Waals surface area contributed by atoms with Crippen LogP contribution >= 0.6 is 0 Å². The maximum absolute atomic E-state index is 12.3. The molecular weight excluding hydrogens is 306 g/mol. The van der Waals surface area contributed by atoms with E-state index in [2.05, 4.69) is 11.7 Å². The van der Waals surface area contributed by atoms with Crippen LogP contribution in [0.4, 0.5) is 4.79 Å². The molecule has 0 radical (unpaired) electrons. The SMILES string of the molecule is C=CCON1C(=O)N2C[C@H]1C(=NOCC(=O)CC)C[C@H]2C(=O)O. The number of ketones is 1. The van der Waals surface area contributed by atoms with E-state index in [1.54, 1.807) is 6.92 Å². The summed E-state index contributed by atoms with van der Waals surface area (Å²) in [5.41, 5.74) is 0.368. The number of Topliss-reactive ketones (excluding diaryl/α,β-unsaturated/α-hetero) is 1. The first-order chi connectivity index (χ1) is 11.0. The Kier molecular flexibility index (Phi) is 5.32. The van der Waals surface area contributed by atoms with Gasteiger partial charge in [0, 0.05) is 12.8 Å². The summed E-state index contributed by atoms with van der Waals surface area (Å²) in [6.07, 6.45) is 1.83. The fourth-order valence-corrected chi connectivity index (χ4v) is 2.43. The third kappa shape index (κ3) is 3.50. The van der Waals surface area contributed by atoms with Crippen molar-refractivity contribution in [2.75, 3.05) is 19.8 Å². The smallest absolute Gasteiger partial charge is 0.345 e. The number of carbonyl (C=O) groups excluding carboxylic acids is 2. The van der Waals surface area contributed by atoms with E-state index in [0.29, 0.717) is 12.1 Å². The number of amides is 2. The van der Waals surface area contributed by atoms with Gasteiger partial charge in [-0.2, -0.15) is 5.06 Å². The third-order valence-corrected chi connectivity index (χ3v) is 3.67. The van der Waals surface area contributed by atoms with Crippen molar-refractivity contribution in [3.63, 3.8) is 0 Å². The largest absolute Gasteiger partial charge is 0.480 e. The Balaban J connectivity index is 2.18. The molecule has 0 aromatic heterocycles. The molecule has 9 nitrogen and oxygen atoms in total. The average Bonchev–Trinajstić information content (AvgIpc) is 2.80. The van der Waals surface area contributed by atoms with Gasteiger partial charge in [0.2, 0.25) is 0 Å². The van der Waals surface area contributed by atoms with Crippen LogP contribution in [-0.2, 0) is 19.3 Å². The maximum Gasteiger partial charge on any atom is 0.345 e. The van der Waals surface area contributed by atoms with Crippen LogP contribution in [-0.4, -0.2) is 70.4 Å². The second-order valence-electron chi connectivity index (χ2n) is 5.17. The lowest BCUT2D eigenvalue weighted by molar-refractivity contribution is -0.142. The number of carbonyl (C=O) groups is 3. The second-order valence-corrected chi connectivity index (χ2v) is 5.17. The first-order valence-corrected chi connectivity index (χ1v) is 7.26. The summed E-state index contributed by atoms with van der Waals surface area (Å²) in [4.78, 5) is 46.4. The average molecular weight is 325 g/mol. The van der Waals surface area contributed by atoms with E-state index in [9.17, 15) is 19.5 Å². The number of carboxylic acids is 1. The number of fused-ring (bicyclic) bond motifs is 2. The number of piperidine rings is 1. The minimum atomic E-state index is -1.13. The van der Waals surface area contributed by atoms with E-state index < -0.39 is 24.1 Å². The van der Waals surface area contributed by atoms with E-state index in [1.807, 2.05) is 0 Å². The number of carboxylic acid groups (broad SMARTS) is 1. The van der Waals surface area contributed by atoms with Gasteiger partial charge in [0.25, 0.3) is 0 Å². The van der Waals surface area contributed by atoms with E-state index in [4.69, 9.17) is 9.68 Å². The highest BCUT2D eigenvalue weighted by atomic mass is 16.7. The molecule has 2 bridgehead atoms. The number of hydrogen-bond acceptors (Lipinski definition) is 6. The van der Waals surface area contributed by atoms with Gasteiger partial charge in [-0.05, 0) is 0 Å². The molecule has 2 amide bonds. The maximum atomic E-state index is 12.3. The highest BCUT2D eigenvalue weighted by Gasteiger charge is 2.51. The fourth-order valence-electron chi connectivity index (χ4n) is 2.43. The first kappa shape index (κ1) is 16.9. The first-order valence-electron chi connectivity index (χ1n) is 7.26. The van der Waals surface area contributed by atoms with Crippen molar-refractivity contribution < 1.29 is 29.2 Å². The number of hydrogen-bond donors (Lipinski definition) is 1. The number of oxime groups is 1. The molecule has 126 valence electrons. The minimum Gasteiger partial charge on any atom is -0.480 e. The molecule has 2 fully saturated rings. The highest BCUT2D eigenvalue weighted by Crippen LogP contribution is 2.29. The second kappa shape index (κ2) is 7.23. The van der Waals surface area contributed by atoms with Crippen LogP contribution in [0.2, 0.25) is 0 Å². The lowest BCUT2D eigenvalue weighted by Gasteiger charge is -2.28. The molecule has 2 heterocycles. The third-order valence-electron chi connectivity index (χ3n) is 3.67. The Morgan fingerprint density at radius 3 is 2.87 bits per heavy atom. The van der Waals surface area contributed by atoms with Gasteiger partial charge >= 0.3 is 12.0 Å². The van der Waals surface area contributed by atoms with Gasteiger partial charge in [-0.15, -0.1) is 6.58 Å². The Hall–Kier alpha value is -2.42. The number of aliphatic carboxylic acids is 1. The van der Waals surface area contributed by atoms with Crippen molar-refractivity contribution in [2.24, 2.45) is 5.16 Å². The molecule has 9 heteroatoms. The lowest BCUT2D eigenvalue weighted by Crippen LogP contribution is -2.48. The summed E-state index contributed by atoms with van der Waals surface area (Å²) < 4.78 is 0. The van der Waals surface area contributed by atoms with Crippen molar-refractivity contribution in [1.29, 1.82) is 0 Å². The van der Waals surface area contributed by atoms with Crippen molar-refractivity contribution in [3.05, 3.63) is 12.7 Å². The summed E-state index contributed by atoms with van der Waals surface area (Å²) in [5.74, 6) is -1.25. The van der Waals surface area contributed by atoms with Crippen LogP contribution in [0, 0.1) is 0 Å². The summed E-state index contributed by atoms with van der Waals surface area (Å²) in [6.45, 7) is 5.29. The Morgan fingerprint density at radius 1 is 1.52 bits per heavy atom. The molecule has 2 aliphatic heterocycles. The summed E-state index contributed by atoms with van der Waals surface area (Å²) in [6, 6.07) is -2.09. The number of nitrogens with zero attached hydrogens (tertiary/aromatic N) is 3. The van der Waals surface area contributed by atoms with E-state index in [0.717, 1.165) is 5.06 Å². The number of urea groups is 1. The van der Waals surface area contributed by atoms with Gasteiger partial charge < -0.3 is 14.8 Å². The number of rotatable bonds is 8. The van der Waals surface area contributed by atoms with Crippen molar-refractivity contribution >= 4 is 23.5 Å². The van der Waals surface area contributed by atoms with Crippen LogP contribution in [0.1, 0.15) is 19.8 Å². The van der Waals surface area contributed by atoms with Crippen LogP contribution in [0.3, 0.4) is 0 Å². The molecular formula is C14H19N3O6. The normalized spacial score (nSPS) is 24.9. The molecule has 0 aromatic carbocycles. The summed E-state index contributed by atoms with van der Waals surface area (Å²) >= 11 is 0. The molecule has 0 saturated carbocycles. The van der Waals surface area contributed by atoms with E-state index in [1.165, 1.54) is 11.0 Å². The minimum absolute atomic E-state index is 0.0278. The molecule has 2 aliphatic rings. The molecule has 2 saturated heterocycles. The van der Waals surface area contributed by atoms with Crippen molar-refractivity contribution in [2.45, 2.75) is 31.8 Å². The zero-order valence-electron chi connectivity index (χ0n) is 12.8. The van der Waals surface area contributed by atoms with Crippen LogP contribution in [0.25, 0.3) is 0 Å². The van der Waals surface area contributed by atoms with Crippen molar-refractivity contribution in [3.8, 4) is 0 Å². The van der Waals surface area contributed by atoms with Crippen molar-refractivity contribution in [1.82, 2.24) is 9.96 Å². The van der Waals surface area contributed by atoms with E-state index >= 15 is 0 Å². The Morgan fingerprint density at radius 2 is 2.26 bits per heavy atom. The molecule has 0 unspecified atom stereocenters. The quantitative estimate of drug-likeness (QED) is 0.512. The van der Waals surface area contributed by atoms with Gasteiger partial charge in [-0.3, -0.25) is 9.63 Å². The van der Waals surface area contributed by atoms with Gasteiger partial charge in [0.15, 0.2) is 12.4 Å².